The molecule has 0 radical (unpaired) electrons. The van der Waals surface area contributed by atoms with Gasteiger partial charge < -0.3 is 15.8 Å². The molecule has 0 amide bonds. The molecule has 1 aromatic carbocycles. The Balaban J connectivity index is 2.02. The summed E-state index contributed by atoms with van der Waals surface area (Å²) >= 11 is 0. The molecule has 1 atom stereocenters. The third-order valence-corrected chi connectivity index (χ3v) is 3.95. The molecule has 1 saturated heterocycles. The maximum absolute atomic E-state index is 8.74. The summed E-state index contributed by atoms with van der Waals surface area (Å²) < 4.78 is 0. The van der Waals surface area contributed by atoms with Gasteiger partial charge in [0.05, 0.1) is 0 Å². The zero-order valence-corrected chi connectivity index (χ0v) is 12.3. The molecular formula is C15H24N4O. The molecule has 0 aromatic heterocycles. The third-order valence-electron chi connectivity index (χ3n) is 3.95. The Hall–Kier alpha value is -1.59. The zero-order valence-electron chi connectivity index (χ0n) is 12.3. The standard InChI is InChI=1S/C15H24N4O/c1-18(2)14-7-4-8-19(11-14)10-12-5-3-6-13(9-12)15(16)17-20/h3,5-6,9,14,20H,4,7-8,10-11H2,1-2H3,(H2,16,17). The number of benzene rings is 1. The van der Waals surface area contributed by atoms with E-state index >= 15 is 0 Å². The van der Waals surface area contributed by atoms with Crippen molar-refractivity contribution in [1.29, 1.82) is 0 Å². The first kappa shape index (κ1) is 14.8. The van der Waals surface area contributed by atoms with Gasteiger partial charge in [0, 0.05) is 24.7 Å². The molecule has 1 aromatic rings. The molecule has 0 spiro atoms. The van der Waals surface area contributed by atoms with Crippen LogP contribution in [0.3, 0.4) is 0 Å². The van der Waals surface area contributed by atoms with Gasteiger partial charge in [-0.25, -0.2) is 0 Å². The highest BCUT2D eigenvalue weighted by molar-refractivity contribution is 5.97. The van der Waals surface area contributed by atoms with Crippen molar-refractivity contribution in [1.82, 2.24) is 9.80 Å². The number of likely N-dealkylation sites (N-methyl/N-ethyl adjacent to an activating group) is 1. The van der Waals surface area contributed by atoms with Crippen LogP contribution < -0.4 is 5.73 Å². The summed E-state index contributed by atoms with van der Waals surface area (Å²) in [4.78, 5) is 4.78. The van der Waals surface area contributed by atoms with E-state index in [0.717, 1.165) is 25.2 Å². The highest BCUT2D eigenvalue weighted by Crippen LogP contribution is 2.17. The average molecular weight is 276 g/mol. The third kappa shape index (κ3) is 3.71. The number of rotatable bonds is 4. The monoisotopic (exact) mass is 276 g/mol. The lowest BCUT2D eigenvalue weighted by atomic mass is 10.0. The van der Waals surface area contributed by atoms with Crippen LogP contribution in [0.25, 0.3) is 0 Å². The van der Waals surface area contributed by atoms with E-state index in [4.69, 9.17) is 10.9 Å². The fourth-order valence-corrected chi connectivity index (χ4v) is 2.74. The van der Waals surface area contributed by atoms with E-state index in [-0.39, 0.29) is 5.84 Å². The van der Waals surface area contributed by atoms with Crippen molar-refractivity contribution in [3.63, 3.8) is 0 Å². The van der Waals surface area contributed by atoms with Crippen molar-refractivity contribution in [3.8, 4) is 0 Å². The molecule has 1 aliphatic heterocycles. The first-order chi connectivity index (χ1) is 9.60. The predicted molar refractivity (Wildman–Crippen MR) is 80.9 cm³/mol. The summed E-state index contributed by atoms with van der Waals surface area (Å²) in [5.74, 6) is 0.164. The van der Waals surface area contributed by atoms with Crippen molar-refractivity contribution in [2.75, 3.05) is 27.2 Å². The minimum absolute atomic E-state index is 0.164. The minimum atomic E-state index is 0.164. The smallest absolute Gasteiger partial charge is 0.170 e. The number of nitrogens with two attached hydrogens (primary N) is 1. The van der Waals surface area contributed by atoms with Gasteiger partial charge >= 0.3 is 0 Å². The van der Waals surface area contributed by atoms with Gasteiger partial charge in [-0.1, -0.05) is 23.4 Å². The normalized spacial score (nSPS) is 21.4. The van der Waals surface area contributed by atoms with Crippen LogP contribution >= 0.6 is 0 Å². The zero-order chi connectivity index (χ0) is 14.5. The van der Waals surface area contributed by atoms with Crippen LogP contribution in [0.15, 0.2) is 29.4 Å². The summed E-state index contributed by atoms with van der Waals surface area (Å²) in [6.07, 6.45) is 2.51. The van der Waals surface area contributed by atoms with Crippen LogP contribution in [-0.4, -0.2) is 54.1 Å². The van der Waals surface area contributed by atoms with Crippen molar-refractivity contribution in [2.24, 2.45) is 10.9 Å². The van der Waals surface area contributed by atoms with E-state index in [2.05, 4.69) is 35.1 Å². The Labute approximate surface area is 120 Å². The Morgan fingerprint density at radius 3 is 3.00 bits per heavy atom. The number of hydrogen-bond acceptors (Lipinski definition) is 4. The van der Waals surface area contributed by atoms with Gasteiger partial charge in [-0.05, 0) is 45.1 Å². The molecule has 1 aliphatic rings. The minimum Gasteiger partial charge on any atom is -0.409 e. The molecule has 1 heterocycles. The first-order valence-corrected chi connectivity index (χ1v) is 7.06. The average Bonchev–Trinajstić information content (AvgIpc) is 2.47. The van der Waals surface area contributed by atoms with Gasteiger partial charge in [-0.3, -0.25) is 4.90 Å². The second-order valence-corrected chi connectivity index (χ2v) is 5.68. The maximum Gasteiger partial charge on any atom is 0.170 e. The summed E-state index contributed by atoms with van der Waals surface area (Å²) in [6.45, 7) is 3.15. The van der Waals surface area contributed by atoms with Gasteiger partial charge in [0.15, 0.2) is 5.84 Å². The predicted octanol–water partition coefficient (Wildman–Crippen LogP) is 1.31. The van der Waals surface area contributed by atoms with Crippen LogP contribution in [0.5, 0.6) is 0 Å². The van der Waals surface area contributed by atoms with Crippen molar-refractivity contribution in [3.05, 3.63) is 35.4 Å². The lowest BCUT2D eigenvalue weighted by Crippen LogP contribution is -2.44. The molecule has 2 rings (SSSR count). The van der Waals surface area contributed by atoms with Crippen molar-refractivity contribution >= 4 is 5.84 Å². The van der Waals surface area contributed by atoms with Crippen LogP contribution in [0.4, 0.5) is 0 Å². The molecule has 0 bridgehead atoms. The number of nitrogens with zero attached hydrogens (tertiary/aromatic N) is 3. The summed E-state index contributed by atoms with van der Waals surface area (Å²) in [5.41, 5.74) is 7.61. The van der Waals surface area contributed by atoms with Crippen LogP contribution in [0.2, 0.25) is 0 Å². The topological polar surface area (TPSA) is 65.1 Å². The summed E-state index contributed by atoms with van der Waals surface area (Å²) in [6, 6.07) is 8.53. The SMILES string of the molecule is CN(C)C1CCCN(Cc2cccc(C(N)=NO)c2)C1. The molecule has 5 nitrogen and oxygen atoms in total. The van der Waals surface area contributed by atoms with Gasteiger partial charge in [0.25, 0.3) is 0 Å². The number of hydrogen-bond donors (Lipinski definition) is 2. The van der Waals surface area contributed by atoms with Crippen molar-refractivity contribution < 1.29 is 5.21 Å². The second kappa shape index (κ2) is 6.72. The van der Waals surface area contributed by atoms with E-state index in [1.165, 1.54) is 18.4 Å². The Bertz CT molecular complexity index is 473. The Kier molecular flexibility index (Phi) is 4.98. The highest BCUT2D eigenvalue weighted by Gasteiger charge is 2.21. The Morgan fingerprint density at radius 1 is 1.50 bits per heavy atom. The van der Waals surface area contributed by atoms with Gasteiger partial charge in [-0.2, -0.15) is 0 Å². The highest BCUT2D eigenvalue weighted by atomic mass is 16.4. The van der Waals surface area contributed by atoms with Crippen molar-refractivity contribution in [2.45, 2.75) is 25.4 Å². The molecule has 110 valence electrons. The number of piperidine rings is 1. The van der Waals surface area contributed by atoms with E-state index in [1.54, 1.807) is 0 Å². The molecule has 0 aliphatic carbocycles. The molecular weight excluding hydrogens is 252 g/mol. The molecule has 3 N–H and O–H groups in total. The molecule has 1 unspecified atom stereocenters. The van der Waals surface area contributed by atoms with E-state index < -0.39 is 0 Å². The van der Waals surface area contributed by atoms with E-state index in [9.17, 15) is 0 Å². The molecule has 1 fully saturated rings. The number of amidine groups is 1. The largest absolute Gasteiger partial charge is 0.409 e. The quantitative estimate of drug-likeness (QED) is 0.377. The Morgan fingerprint density at radius 2 is 2.30 bits per heavy atom. The van der Waals surface area contributed by atoms with Gasteiger partial charge in [-0.15, -0.1) is 0 Å². The fraction of sp³-hybridized carbons (Fsp3) is 0.533. The molecule has 5 heteroatoms. The van der Waals surface area contributed by atoms with Gasteiger partial charge in [0.2, 0.25) is 0 Å². The lowest BCUT2D eigenvalue weighted by molar-refractivity contribution is 0.128. The van der Waals surface area contributed by atoms with Crippen LogP contribution in [0.1, 0.15) is 24.0 Å². The fourth-order valence-electron chi connectivity index (χ4n) is 2.74. The van der Waals surface area contributed by atoms with Crippen LogP contribution in [0, 0.1) is 0 Å². The van der Waals surface area contributed by atoms with E-state index in [0.29, 0.717) is 6.04 Å². The van der Waals surface area contributed by atoms with Crippen LogP contribution in [-0.2, 0) is 6.54 Å². The molecule has 20 heavy (non-hydrogen) atoms. The second-order valence-electron chi connectivity index (χ2n) is 5.68. The summed E-state index contributed by atoms with van der Waals surface area (Å²) in [7, 11) is 4.29. The first-order valence-electron chi connectivity index (χ1n) is 7.06. The maximum atomic E-state index is 8.74. The van der Waals surface area contributed by atoms with E-state index in [1.807, 2.05) is 18.2 Å². The number of likely N-dealkylation sites (tertiary alicyclic amines) is 1. The van der Waals surface area contributed by atoms with Gasteiger partial charge in [0.1, 0.15) is 0 Å². The number of oxime groups is 1. The molecule has 0 saturated carbocycles. The lowest BCUT2D eigenvalue weighted by Gasteiger charge is -2.36. The summed E-state index contributed by atoms with van der Waals surface area (Å²) in [5, 5.41) is 11.8.